The van der Waals surface area contributed by atoms with Crippen LogP contribution in [0.3, 0.4) is 0 Å². The molecule has 3 rings (SSSR count). The zero-order valence-electron chi connectivity index (χ0n) is 14.6. The molecular weight excluding hydrogens is 384 g/mol. The summed E-state index contributed by atoms with van der Waals surface area (Å²) in [4.78, 5) is 41.5. The molecule has 1 atom stereocenters. The summed E-state index contributed by atoms with van der Waals surface area (Å²) >= 11 is 2.87. The fourth-order valence-electron chi connectivity index (χ4n) is 2.29. The molecule has 0 bridgehead atoms. The Morgan fingerprint density at radius 2 is 1.89 bits per heavy atom. The number of benzene rings is 1. The topological polar surface area (TPSA) is 85.4 Å². The minimum absolute atomic E-state index is 0.159. The van der Waals surface area contributed by atoms with Gasteiger partial charge in [-0.15, -0.1) is 22.7 Å². The van der Waals surface area contributed by atoms with Gasteiger partial charge in [-0.05, 0) is 37.4 Å². The molecule has 0 saturated carbocycles. The average molecular weight is 400 g/mol. The fraction of sp³-hybridized carbons (Fsp3) is 0.158. The van der Waals surface area contributed by atoms with Crippen LogP contribution in [0.2, 0.25) is 0 Å². The van der Waals surface area contributed by atoms with E-state index in [1.807, 2.05) is 17.5 Å². The van der Waals surface area contributed by atoms with Crippen molar-refractivity contribution < 1.29 is 19.1 Å². The Morgan fingerprint density at radius 1 is 1.11 bits per heavy atom. The number of carbonyl (C=O) groups is 3. The molecule has 2 aromatic heterocycles. The first-order valence-corrected chi connectivity index (χ1v) is 9.83. The number of hydrogen-bond acceptors (Lipinski definition) is 7. The van der Waals surface area contributed by atoms with Crippen molar-refractivity contribution in [1.82, 2.24) is 4.98 Å². The molecule has 3 aromatic rings. The number of para-hydroxylation sites is 1. The number of ether oxygens (including phenoxy) is 1. The van der Waals surface area contributed by atoms with Crippen LogP contribution in [-0.4, -0.2) is 28.7 Å². The van der Waals surface area contributed by atoms with E-state index in [0.717, 1.165) is 9.88 Å². The lowest BCUT2D eigenvalue weighted by Gasteiger charge is -2.14. The molecule has 1 aromatic carbocycles. The molecule has 1 N–H and O–H groups in total. The highest BCUT2D eigenvalue weighted by Crippen LogP contribution is 2.28. The molecule has 0 saturated heterocycles. The number of anilines is 1. The molecule has 0 fully saturated rings. The van der Waals surface area contributed by atoms with Gasteiger partial charge in [0, 0.05) is 10.9 Å². The molecule has 2 heterocycles. The molecule has 0 radical (unpaired) electrons. The molecule has 6 nitrogen and oxygen atoms in total. The van der Waals surface area contributed by atoms with Crippen LogP contribution in [0.4, 0.5) is 5.69 Å². The van der Waals surface area contributed by atoms with Gasteiger partial charge in [0.05, 0.1) is 10.6 Å². The number of ketones is 1. The predicted octanol–water partition coefficient (Wildman–Crippen LogP) is 4.26. The van der Waals surface area contributed by atoms with Crippen molar-refractivity contribution in [3.05, 3.63) is 58.4 Å². The summed E-state index contributed by atoms with van der Waals surface area (Å²) in [6, 6.07) is 10.5. The zero-order chi connectivity index (χ0) is 19.4. The zero-order valence-corrected chi connectivity index (χ0v) is 16.2. The van der Waals surface area contributed by atoms with E-state index in [2.05, 4.69) is 10.3 Å². The van der Waals surface area contributed by atoms with Crippen molar-refractivity contribution >= 4 is 46.0 Å². The van der Waals surface area contributed by atoms with Gasteiger partial charge < -0.3 is 10.1 Å². The smallest absolute Gasteiger partial charge is 0.358 e. The van der Waals surface area contributed by atoms with Crippen LogP contribution in [0.15, 0.2) is 47.2 Å². The van der Waals surface area contributed by atoms with Gasteiger partial charge in [0.1, 0.15) is 5.01 Å². The number of thiophene rings is 1. The quantitative estimate of drug-likeness (QED) is 0.494. The lowest BCUT2D eigenvalue weighted by molar-refractivity contribution is -0.123. The molecule has 8 heteroatoms. The second-order valence-corrected chi connectivity index (χ2v) is 7.46. The van der Waals surface area contributed by atoms with Gasteiger partial charge in [-0.2, -0.15) is 0 Å². The van der Waals surface area contributed by atoms with Gasteiger partial charge in [0.2, 0.25) is 0 Å². The Hall–Kier alpha value is -2.84. The maximum atomic E-state index is 12.3. The Balaban J connectivity index is 1.65. The number of rotatable bonds is 6. The Bertz CT molecular complexity index is 979. The summed E-state index contributed by atoms with van der Waals surface area (Å²) in [5.41, 5.74) is 0.934. The van der Waals surface area contributed by atoms with Crippen LogP contribution in [0.5, 0.6) is 0 Å². The van der Waals surface area contributed by atoms with Crippen LogP contribution in [0, 0.1) is 0 Å². The minimum Gasteiger partial charge on any atom is -0.448 e. The van der Waals surface area contributed by atoms with Crippen molar-refractivity contribution in [2.24, 2.45) is 0 Å². The molecule has 1 amide bonds. The monoisotopic (exact) mass is 400 g/mol. The molecule has 27 heavy (non-hydrogen) atoms. The standard InChI is InChI=1S/C19H16N2O4S2/c1-11(22)13-6-3-4-7-14(13)20-17(23)12(2)25-19(24)15-10-27-18(21-15)16-8-5-9-26-16/h3-10,12H,1-2H3,(H,20,23)/t12-/m0/s1. The first-order chi connectivity index (χ1) is 13.0. The third-order valence-corrected chi connectivity index (χ3v) is 5.54. The van der Waals surface area contributed by atoms with Crippen molar-refractivity contribution in [1.29, 1.82) is 0 Å². The van der Waals surface area contributed by atoms with Crippen molar-refractivity contribution in [2.75, 3.05) is 5.32 Å². The number of amides is 1. The Kier molecular flexibility index (Phi) is 5.78. The number of aromatic nitrogens is 1. The van der Waals surface area contributed by atoms with E-state index < -0.39 is 18.0 Å². The molecular formula is C19H16N2O4S2. The third-order valence-electron chi connectivity index (χ3n) is 3.66. The SMILES string of the molecule is CC(=O)c1ccccc1NC(=O)[C@H](C)OC(=O)c1csc(-c2cccs2)n1. The number of Topliss-reactive ketones (excluding diaryl/α,β-unsaturated/α-hetero) is 1. The highest BCUT2D eigenvalue weighted by Gasteiger charge is 2.22. The number of thiazole rings is 1. The summed E-state index contributed by atoms with van der Waals surface area (Å²) in [5.74, 6) is -1.36. The van der Waals surface area contributed by atoms with E-state index in [0.29, 0.717) is 11.3 Å². The number of nitrogens with zero attached hydrogens (tertiary/aromatic N) is 1. The van der Waals surface area contributed by atoms with Gasteiger partial charge in [-0.25, -0.2) is 9.78 Å². The number of esters is 1. The van der Waals surface area contributed by atoms with Crippen LogP contribution in [0.1, 0.15) is 34.7 Å². The van der Waals surface area contributed by atoms with Gasteiger partial charge in [-0.1, -0.05) is 18.2 Å². The summed E-state index contributed by atoms with van der Waals surface area (Å²) in [6.45, 7) is 2.89. The van der Waals surface area contributed by atoms with Crippen LogP contribution >= 0.6 is 22.7 Å². The Morgan fingerprint density at radius 3 is 2.59 bits per heavy atom. The van der Waals surface area contributed by atoms with Crippen molar-refractivity contribution in [3.63, 3.8) is 0 Å². The maximum absolute atomic E-state index is 12.3. The van der Waals surface area contributed by atoms with Crippen LogP contribution < -0.4 is 5.32 Å². The molecule has 0 aliphatic heterocycles. The summed E-state index contributed by atoms with van der Waals surface area (Å²) < 4.78 is 5.21. The molecule has 0 aliphatic carbocycles. The maximum Gasteiger partial charge on any atom is 0.358 e. The highest BCUT2D eigenvalue weighted by atomic mass is 32.1. The second kappa shape index (κ2) is 8.24. The van der Waals surface area contributed by atoms with Gasteiger partial charge in [-0.3, -0.25) is 9.59 Å². The number of nitrogens with one attached hydrogen (secondary N) is 1. The normalized spacial score (nSPS) is 11.6. The van der Waals surface area contributed by atoms with Crippen molar-refractivity contribution in [2.45, 2.75) is 20.0 Å². The molecule has 138 valence electrons. The van der Waals surface area contributed by atoms with Crippen LogP contribution in [0.25, 0.3) is 9.88 Å². The molecule has 0 unspecified atom stereocenters. The van der Waals surface area contributed by atoms with Gasteiger partial charge in [0.15, 0.2) is 17.6 Å². The van der Waals surface area contributed by atoms with E-state index in [4.69, 9.17) is 4.74 Å². The van der Waals surface area contributed by atoms with Crippen molar-refractivity contribution in [3.8, 4) is 9.88 Å². The van der Waals surface area contributed by atoms with E-state index in [1.54, 1.807) is 29.6 Å². The van der Waals surface area contributed by atoms with E-state index in [-0.39, 0.29) is 11.5 Å². The lowest BCUT2D eigenvalue weighted by atomic mass is 10.1. The minimum atomic E-state index is -1.04. The molecule has 0 spiro atoms. The van der Waals surface area contributed by atoms with E-state index in [1.165, 1.54) is 36.5 Å². The van der Waals surface area contributed by atoms with E-state index in [9.17, 15) is 14.4 Å². The van der Waals surface area contributed by atoms with Gasteiger partial charge >= 0.3 is 5.97 Å². The summed E-state index contributed by atoms with van der Waals surface area (Å²) in [5, 5.41) is 6.88. The highest BCUT2D eigenvalue weighted by molar-refractivity contribution is 7.20. The third kappa shape index (κ3) is 4.47. The first kappa shape index (κ1) is 18.9. The number of hydrogen-bond donors (Lipinski definition) is 1. The van der Waals surface area contributed by atoms with Crippen LogP contribution in [-0.2, 0) is 9.53 Å². The van der Waals surface area contributed by atoms with Gasteiger partial charge in [0.25, 0.3) is 5.91 Å². The number of carbonyl (C=O) groups excluding carboxylic acids is 3. The molecule has 0 aliphatic rings. The Labute approximate surface area is 163 Å². The fourth-order valence-corrected chi connectivity index (χ4v) is 3.89. The predicted molar refractivity (Wildman–Crippen MR) is 105 cm³/mol. The lowest BCUT2D eigenvalue weighted by Crippen LogP contribution is -2.30. The van der Waals surface area contributed by atoms with E-state index >= 15 is 0 Å². The first-order valence-electron chi connectivity index (χ1n) is 8.07. The second-order valence-electron chi connectivity index (χ2n) is 5.65. The largest absolute Gasteiger partial charge is 0.448 e. The summed E-state index contributed by atoms with van der Waals surface area (Å²) in [7, 11) is 0. The summed E-state index contributed by atoms with van der Waals surface area (Å²) in [6.07, 6.45) is -1.04. The average Bonchev–Trinajstić information content (AvgIpc) is 3.33.